The summed E-state index contributed by atoms with van der Waals surface area (Å²) in [5.41, 5.74) is 1.14. The molecule has 2 aromatic carbocycles. The average molecular weight is 316 g/mol. The van der Waals surface area contributed by atoms with E-state index in [4.69, 9.17) is 16.3 Å². The number of hydrogen-bond acceptors (Lipinski definition) is 3. The number of hydrogen-bond donors (Lipinski definition) is 0. The first-order chi connectivity index (χ1) is 10.6. The lowest BCUT2D eigenvalue weighted by Crippen LogP contribution is -2.01. The number of methoxy groups -OCH3 is 1. The molecular formula is C17H11ClFNO2. The van der Waals surface area contributed by atoms with Gasteiger partial charge in [-0.2, -0.15) is 0 Å². The van der Waals surface area contributed by atoms with Crippen LogP contribution in [0.3, 0.4) is 0 Å². The maximum absolute atomic E-state index is 14.1. The topological polar surface area (TPSA) is 39.2 Å². The minimum atomic E-state index is -0.471. The van der Waals surface area contributed by atoms with Crippen LogP contribution >= 0.6 is 11.6 Å². The van der Waals surface area contributed by atoms with Crippen LogP contribution in [0.5, 0.6) is 0 Å². The summed E-state index contributed by atoms with van der Waals surface area (Å²) in [5, 5.41) is 1.73. The van der Waals surface area contributed by atoms with Gasteiger partial charge in [-0.1, -0.05) is 29.8 Å². The lowest BCUT2D eigenvalue weighted by Gasteiger charge is -2.09. The van der Waals surface area contributed by atoms with Crippen LogP contribution in [0.2, 0.25) is 5.02 Å². The number of carbonyl (C=O) groups excluding carboxylic acids is 1. The van der Waals surface area contributed by atoms with Gasteiger partial charge in [0.05, 0.1) is 23.4 Å². The second kappa shape index (κ2) is 5.73. The summed E-state index contributed by atoms with van der Waals surface area (Å²) in [4.78, 5) is 15.9. The highest BCUT2D eigenvalue weighted by Gasteiger charge is 2.14. The van der Waals surface area contributed by atoms with Crippen LogP contribution in [-0.2, 0) is 4.74 Å². The Morgan fingerprint density at radius 3 is 2.68 bits per heavy atom. The molecule has 0 spiro atoms. The van der Waals surface area contributed by atoms with E-state index in [0.29, 0.717) is 32.6 Å². The molecule has 0 saturated heterocycles. The summed E-state index contributed by atoms with van der Waals surface area (Å²) in [6.45, 7) is 0. The molecule has 3 aromatic rings. The Hall–Kier alpha value is -2.46. The zero-order chi connectivity index (χ0) is 15.7. The molecule has 3 rings (SSSR count). The van der Waals surface area contributed by atoms with E-state index in [-0.39, 0.29) is 5.82 Å². The third-order valence-electron chi connectivity index (χ3n) is 3.39. The van der Waals surface area contributed by atoms with Gasteiger partial charge in [0.15, 0.2) is 0 Å². The first-order valence-corrected chi connectivity index (χ1v) is 6.91. The van der Waals surface area contributed by atoms with E-state index in [0.717, 1.165) is 0 Å². The smallest absolute Gasteiger partial charge is 0.337 e. The number of aromatic nitrogens is 1. The Labute approximate surface area is 131 Å². The molecule has 22 heavy (non-hydrogen) atoms. The number of ether oxygens (including phenoxy) is 1. The van der Waals surface area contributed by atoms with Crippen LogP contribution in [0, 0.1) is 5.82 Å². The Balaban J connectivity index is 2.33. The van der Waals surface area contributed by atoms with Crippen molar-refractivity contribution in [2.75, 3.05) is 7.11 Å². The van der Waals surface area contributed by atoms with E-state index >= 15 is 0 Å². The molecule has 0 aliphatic carbocycles. The highest BCUT2D eigenvalue weighted by Crippen LogP contribution is 2.33. The summed E-state index contributed by atoms with van der Waals surface area (Å²) in [5.74, 6) is -0.858. The fourth-order valence-corrected chi connectivity index (χ4v) is 2.54. The van der Waals surface area contributed by atoms with Crippen molar-refractivity contribution in [1.82, 2.24) is 4.98 Å². The molecule has 0 unspecified atom stereocenters. The monoisotopic (exact) mass is 315 g/mol. The van der Waals surface area contributed by atoms with Crippen LogP contribution < -0.4 is 0 Å². The molecule has 0 bridgehead atoms. The van der Waals surface area contributed by atoms with Gasteiger partial charge in [-0.25, -0.2) is 9.18 Å². The van der Waals surface area contributed by atoms with Crippen LogP contribution in [-0.4, -0.2) is 18.1 Å². The van der Waals surface area contributed by atoms with Gasteiger partial charge in [0.25, 0.3) is 0 Å². The number of carbonyl (C=O) groups is 1. The van der Waals surface area contributed by atoms with E-state index < -0.39 is 5.97 Å². The summed E-state index contributed by atoms with van der Waals surface area (Å²) < 4.78 is 18.8. The van der Waals surface area contributed by atoms with E-state index in [2.05, 4.69) is 4.98 Å². The third kappa shape index (κ3) is 2.42. The number of halogens is 2. The van der Waals surface area contributed by atoms with Crippen LogP contribution in [0.4, 0.5) is 4.39 Å². The van der Waals surface area contributed by atoms with E-state index in [1.165, 1.54) is 19.4 Å². The normalized spacial score (nSPS) is 10.7. The second-order valence-corrected chi connectivity index (χ2v) is 5.09. The van der Waals surface area contributed by atoms with Crippen molar-refractivity contribution in [2.24, 2.45) is 0 Å². The van der Waals surface area contributed by atoms with E-state index in [1.54, 1.807) is 36.4 Å². The predicted octanol–water partition coefficient (Wildman–Crippen LogP) is 4.48. The molecule has 1 heterocycles. The minimum absolute atomic E-state index is 0.353. The first-order valence-electron chi connectivity index (χ1n) is 6.53. The molecule has 110 valence electrons. The molecule has 0 aliphatic rings. The summed E-state index contributed by atoms with van der Waals surface area (Å²) in [7, 11) is 1.31. The zero-order valence-electron chi connectivity index (χ0n) is 11.6. The number of rotatable bonds is 2. The van der Waals surface area contributed by atoms with Crippen LogP contribution in [0.25, 0.3) is 22.0 Å². The second-order valence-electron chi connectivity index (χ2n) is 4.69. The standard InChI is InChI=1S/C17H11ClFNO2/c1-22-17(21)10-6-7-11-13(8-10)16(20-9-14(11)18)12-4-2-3-5-15(12)19/h2-9H,1H3. The third-order valence-corrected chi connectivity index (χ3v) is 3.69. The maximum Gasteiger partial charge on any atom is 0.337 e. The van der Waals surface area contributed by atoms with Crippen LogP contribution in [0.1, 0.15) is 10.4 Å². The first kappa shape index (κ1) is 14.5. The average Bonchev–Trinajstić information content (AvgIpc) is 2.55. The Bertz CT molecular complexity index is 880. The highest BCUT2D eigenvalue weighted by atomic mass is 35.5. The summed E-state index contributed by atoms with van der Waals surface area (Å²) in [6, 6.07) is 11.3. The fraction of sp³-hybridized carbons (Fsp3) is 0.0588. The van der Waals surface area contributed by atoms with Crippen molar-refractivity contribution in [1.29, 1.82) is 0 Å². The minimum Gasteiger partial charge on any atom is -0.465 e. The molecule has 0 atom stereocenters. The van der Waals surface area contributed by atoms with Gasteiger partial charge in [0.1, 0.15) is 5.82 Å². The van der Waals surface area contributed by atoms with Gasteiger partial charge in [0.2, 0.25) is 0 Å². The molecule has 1 aromatic heterocycles. The van der Waals surface area contributed by atoms with Gasteiger partial charge in [-0.15, -0.1) is 0 Å². The largest absolute Gasteiger partial charge is 0.465 e. The van der Waals surface area contributed by atoms with Gasteiger partial charge in [0, 0.05) is 22.5 Å². The molecule has 0 saturated carbocycles. The number of fused-ring (bicyclic) bond motifs is 1. The quantitative estimate of drug-likeness (QED) is 0.654. The van der Waals surface area contributed by atoms with E-state index in [9.17, 15) is 9.18 Å². The highest BCUT2D eigenvalue weighted by molar-refractivity contribution is 6.35. The van der Waals surface area contributed by atoms with Crippen molar-refractivity contribution in [3.8, 4) is 11.3 Å². The van der Waals surface area contributed by atoms with Gasteiger partial charge in [-0.3, -0.25) is 4.98 Å². The molecule has 0 amide bonds. The lowest BCUT2D eigenvalue weighted by molar-refractivity contribution is 0.0601. The Kier molecular flexibility index (Phi) is 3.77. The SMILES string of the molecule is COC(=O)c1ccc2c(Cl)cnc(-c3ccccc3F)c2c1. The van der Waals surface area contributed by atoms with Crippen molar-refractivity contribution >= 4 is 28.3 Å². The number of nitrogens with zero attached hydrogens (tertiary/aromatic N) is 1. The predicted molar refractivity (Wildman–Crippen MR) is 83.5 cm³/mol. The molecule has 5 heteroatoms. The maximum atomic E-state index is 14.1. The van der Waals surface area contributed by atoms with E-state index in [1.807, 2.05) is 0 Å². The lowest BCUT2D eigenvalue weighted by atomic mass is 10.0. The summed E-state index contributed by atoms with van der Waals surface area (Å²) in [6.07, 6.45) is 1.48. The van der Waals surface area contributed by atoms with Crippen molar-refractivity contribution in [2.45, 2.75) is 0 Å². The number of benzene rings is 2. The molecular weight excluding hydrogens is 305 g/mol. The molecule has 0 aliphatic heterocycles. The number of esters is 1. The Morgan fingerprint density at radius 2 is 1.95 bits per heavy atom. The molecule has 0 N–H and O–H groups in total. The van der Waals surface area contributed by atoms with Crippen molar-refractivity contribution in [3.63, 3.8) is 0 Å². The number of pyridine rings is 1. The van der Waals surface area contributed by atoms with Gasteiger partial charge >= 0.3 is 5.97 Å². The molecule has 3 nitrogen and oxygen atoms in total. The molecule has 0 fully saturated rings. The van der Waals surface area contributed by atoms with Gasteiger partial charge in [-0.05, 0) is 24.3 Å². The van der Waals surface area contributed by atoms with Gasteiger partial charge < -0.3 is 4.74 Å². The molecule has 0 radical (unpaired) electrons. The fourth-order valence-electron chi connectivity index (χ4n) is 2.32. The Morgan fingerprint density at radius 1 is 1.18 bits per heavy atom. The zero-order valence-corrected chi connectivity index (χ0v) is 12.4. The van der Waals surface area contributed by atoms with Crippen molar-refractivity contribution < 1.29 is 13.9 Å². The van der Waals surface area contributed by atoms with Crippen molar-refractivity contribution in [3.05, 3.63) is 65.1 Å². The summed E-state index contributed by atoms with van der Waals surface area (Å²) >= 11 is 6.15. The van der Waals surface area contributed by atoms with Crippen LogP contribution in [0.15, 0.2) is 48.7 Å².